The number of rotatable bonds is 11. The van der Waals surface area contributed by atoms with E-state index in [-0.39, 0.29) is 31.5 Å². The first-order chi connectivity index (χ1) is 13.5. The summed E-state index contributed by atoms with van der Waals surface area (Å²) >= 11 is 0. The second kappa shape index (κ2) is 11.0. The van der Waals surface area contributed by atoms with E-state index in [1.54, 1.807) is 0 Å². The van der Waals surface area contributed by atoms with Crippen molar-refractivity contribution < 1.29 is 41.5 Å². The molecule has 0 aromatic heterocycles. The maximum Gasteiger partial charge on any atom is 0.475 e. The van der Waals surface area contributed by atoms with Crippen LogP contribution in [-0.4, -0.2) is 90.8 Å². The first-order valence-corrected chi connectivity index (χ1v) is 11.2. The van der Waals surface area contributed by atoms with Crippen LogP contribution >= 0.6 is 7.82 Å². The zero-order valence-corrected chi connectivity index (χ0v) is 18.5. The van der Waals surface area contributed by atoms with Crippen molar-refractivity contribution in [3.63, 3.8) is 0 Å². The van der Waals surface area contributed by atoms with Crippen molar-refractivity contribution in [2.45, 2.75) is 88.9 Å². The molecule has 8 atom stereocenters. The summed E-state index contributed by atoms with van der Waals surface area (Å²) in [6.45, 7) is 7.26. The van der Waals surface area contributed by atoms with Crippen molar-refractivity contribution in [2.75, 3.05) is 20.3 Å². The van der Waals surface area contributed by atoms with Crippen molar-refractivity contribution in [2.24, 2.45) is 0 Å². The topological polar surface area (TPSA) is 81.7 Å². The summed E-state index contributed by atoms with van der Waals surface area (Å²) in [7, 11) is 8.45. The number of phosphoric acid groups is 1. The third-order valence-electron chi connectivity index (χ3n) is 4.47. The molecule has 12 heteroatoms. The highest BCUT2D eigenvalue weighted by Gasteiger charge is 2.48. The molecule has 2 fully saturated rings. The number of ether oxygens (including phenoxy) is 4. The predicted octanol–water partition coefficient (Wildman–Crippen LogP) is 1.88. The Hall–Kier alpha value is 0.00987. The SMILES string of the molecule is [B][C@@H]1O[C@H](COC(C)C)C(OP(=O)(OC)OC[C@H]2O[C@@H]([B])CC2OC(C)C)C1F. The van der Waals surface area contributed by atoms with Gasteiger partial charge in [0, 0.05) is 13.1 Å². The number of alkyl halides is 1. The highest BCUT2D eigenvalue weighted by molar-refractivity contribution is 7.48. The Morgan fingerprint density at radius 2 is 1.79 bits per heavy atom. The molecule has 0 aromatic carbocycles. The van der Waals surface area contributed by atoms with Gasteiger partial charge in [0.05, 0.1) is 37.5 Å². The van der Waals surface area contributed by atoms with E-state index in [0.717, 1.165) is 7.11 Å². The molecular weight excluding hydrogens is 404 g/mol. The standard InChI is InChI=1S/C17H30B2FO8P/c1-9(2)23-7-13-16(15(20)17(19)27-13)28-29(21,22-5)24-8-12-11(25-10(3)4)6-14(18)26-12/h9-17H,6-8H2,1-5H3/t11?,12-,13-,14-,15?,16?,17-,29?/m1/s1. The molecule has 0 amide bonds. The largest absolute Gasteiger partial charge is 0.475 e. The summed E-state index contributed by atoms with van der Waals surface area (Å²) in [6.07, 6.45) is -4.45. The normalized spacial score (nSPS) is 37.4. The lowest BCUT2D eigenvalue weighted by Crippen LogP contribution is -2.36. The van der Waals surface area contributed by atoms with Gasteiger partial charge in [0.2, 0.25) is 0 Å². The van der Waals surface area contributed by atoms with E-state index in [4.69, 9.17) is 48.2 Å². The minimum Gasteiger partial charge on any atom is -0.380 e. The molecule has 29 heavy (non-hydrogen) atoms. The van der Waals surface area contributed by atoms with Gasteiger partial charge in [-0.3, -0.25) is 13.6 Å². The molecule has 4 radical (unpaired) electrons. The van der Waals surface area contributed by atoms with Crippen molar-refractivity contribution in [3.05, 3.63) is 0 Å². The summed E-state index contributed by atoms with van der Waals surface area (Å²) in [4.78, 5) is 0. The van der Waals surface area contributed by atoms with Crippen LogP contribution < -0.4 is 0 Å². The van der Waals surface area contributed by atoms with Gasteiger partial charge in [0.15, 0.2) is 0 Å². The van der Waals surface area contributed by atoms with Crippen LogP contribution in [-0.2, 0) is 37.1 Å². The Bertz CT molecular complexity index is 558. The fourth-order valence-corrected chi connectivity index (χ4v) is 4.25. The van der Waals surface area contributed by atoms with Gasteiger partial charge in [-0.05, 0) is 34.1 Å². The Morgan fingerprint density at radius 1 is 1.10 bits per heavy atom. The van der Waals surface area contributed by atoms with Crippen LogP contribution in [0.25, 0.3) is 0 Å². The van der Waals surface area contributed by atoms with Crippen LogP contribution in [0, 0.1) is 0 Å². The van der Waals surface area contributed by atoms with Gasteiger partial charge in [-0.2, -0.15) is 0 Å². The molecule has 0 spiro atoms. The molecule has 0 bridgehead atoms. The average Bonchev–Trinajstić information content (AvgIpc) is 3.11. The smallest absolute Gasteiger partial charge is 0.380 e. The molecule has 0 saturated carbocycles. The van der Waals surface area contributed by atoms with Gasteiger partial charge >= 0.3 is 7.82 Å². The molecule has 0 aromatic rings. The van der Waals surface area contributed by atoms with E-state index < -0.39 is 44.3 Å². The quantitative estimate of drug-likeness (QED) is 0.361. The number of phosphoric ester groups is 1. The van der Waals surface area contributed by atoms with Crippen LogP contribution in [0.1, 0.15) is 34.1 Å². The van der Waals surface area contributed by atoms with Gasteiger partial charge in [0.1, 0.15) is 40.2 Å². The van der Waals surface area contributed by atoms with Gasteiger partial charge in [-0.1, -0.05) is 0 Å². The zero-order valence-electron chi connectivity index (χ0n) is 17.6. The maximum atomic E-state index is 14.5. The molecule has 8 nitrogen and oxygen atoms in total. The predicted molar refractivity (Wildman–Crippen MR) is 105 cm³/mol. The molecule has 2 rings (SSSR count). The van der Waals surface area contributed by atoms with E-state index >= 15 is 0 Å². The van der Waals surface area contributed by atoms with Crippen LogP contribution in [0.4, 0.5) is 4.39 Å². The third kappa shape index (κ3) is 7.28. The molecule has 2 saturated heterocycles. The van der Waals surface area contributed by atoms with E-state index in [2.05, 4.69) is 0 Å². The fourth-order valence-electron chi connectivity index (χ4n) is 3.12. The zero-order chi connectivity index (χ0) is 21.8. The van der Waals surface area contributed by atoms with E-state index in [0.29, 0.717) is 6.42 Å². The first-order valence-electron chi connectivity index (χ1n) is 9.76. The van der Waals surface area contributed by atoms with Gasteiger partial charge in [-0.25, -0.2) is 8.96 Å². The van der Waals surface area contributed by atoms with Crippen molar-refractivity contribution >= 4 is 23.5 Å². The van der Waals surface area contributed by atoms with Crippen LogP contribution in [0.2, 0.25) is 0 Å². The summed E-state index contributed by atoms with van der Waals surface area (Å²) in [5.74, 6) is 0. The maximum absolute atomic E-state index is 14.5. The third-order valence-corrected chi connectivity index (χ3v) is 5.88. The van der Waals surface area contributed by atoms with Gasteiger partial charge in [0.25, 0.3) is 0 Å². The van der Waals surface area contributed by atoms with Crippen LogP contribution in [0.5, 0.6) is 0 Å². The highest BCUT2D eigenvalue weighted by Crippen LogP contribution is 2.52. The second-order valence-electron chi connectivity index (χ2n) is 7.63. The summed E-state index contributed by atoms with van der Waals surface area (Å²) in [5, 5.41) is 0. The lowest BCUT2D eigenvalue weighted by molar-refractivity contribution is -0.0672. The minimum atomic E-state index is -4.14. The monoisotopic (exact) mass is 434 g/mol. The molecule has 0 N–H and O–H groups in total. The summed E-state index contributed by atoms with van der Waals surface area (Å²) in [5.41, 5.74) is 0. The van der Waals surface area contributed by atoms with Crippen LogP contribution in [0.15, 0.2) is 0 Å². The van der Waals surface area contributed by atoms with E-state index in [1.165, 1.54) is 0 Å². The number of hydrogen-bond donors (Lipinski definition) is 0. The number of halogens is 1. The van der Waals surface area contributed by atoms with Crippen molar-refractivity contribution in [3.8, 4) is 0 Å². The lowest BCUT2D eigenvalue weighted by Gasteiger charge is -2.26. The summed E-state index contributed by atoms with van der Waals surface area (Å²) < 4.78 is 65.3. The van der Waals surface area contributed by atoms with Crippen LogP contribution in [0.3, 0.4) is 0 Å². The highest BCUT2D eigenvalue weighted by atomic mass is 31.2. The van der Waals surface area contributed by atoms with Crippen molar-refractivity contribution in [1.29, 1.82) is 0 Å². The van der Waals surface area contributed by atoms with Gasteiger partial charge < -0.3 is 18.9 Å². The first kappa shape index (κ1) is 25.3. The Labute approximate surface area is 174 Å². The Morgan fingerprint density at radius 3 is 2.38 bits per heavy atom. The summed E-state index contributed by atoms with van der Waals surface area (Å²) in [6, 6.07) is -1.75. The Balaban J connectivity index is 1.99. The number of hydrogen-bond acceptors (Lipinski definition) is 8. The molecule has 2 aliphatic heterocycles. The van der Waals surface area contributed by atoms with E-state index in [1.807, 2.05) is 27.7 Å². The molecular formula is C17H30B2FO8P. The van der Waals surface area contributed by atoms with Crippen molar-refractivity contribution in [1.82, 2.24) is 0 Å². The second-order valence-corrected chi connectivity index (χ2v) is 9.36. The Kier molecular flexibility index (Phi) is 9.63. The lowest BCUT2D eigenvalue weighted by atomic mass is 9.94. The molecule has 164 valence electrons. The molecule has 2 aliphatic rings. The fraction of sp³-hybridized carbons (Fsp3) is 1.00. The average molecular weight is 434 g/mol. The van der Waals surface area contributed by atoms with E-state index in [9.17, 15) is 8.96 Å². The molecule has 0 aliphatic carbocycles. The van der Waals surface area contributed by atoms with Gasteiger partial charge in [-0.15, -0.1) is 0 Å². The molecule has 4 unspecified atom stereocenters. The minimum absolute atomic E-state index is 0.0189. The molecule has 2 heterocycles.